The first kappa shape index (κ1) is 20.1. The lowest BCUT2D eigenvalue weighted by atomic mass is 10.1. The minimum absolute atomic E-state index is 0.0379. The fourth-order valence-electron chi connectivity index (χ4n) is 3.33. The molecule has 3 rings (SSSR count). The van der Waals surface area contributed by atoms with Crippen molar-refractivity contribution in [3.8, 4) is 0 Å². The van der Waals surface area contributed by atoms with Crippen LogP contribution in [-0.4, -0.2) is 49.7 Å². The molecule has 7 nitrogen and oxygen atoms in total. The molecule has 0 N–H and O–H groups in total. The molecule has 28 heavy (non-hydrogen) atoms. The Balaban J connectivity index is 2.09. The molecule has 0 saturated carbocycles. The van der Waals surface area contributed by atoms with Crippen molar-refractivity contribution >= 4 is 21.9 Å². The Labute approximate surface area is 164 Å². The molecule has 2 atom stereocenters. The Morgan fingerprint density at radius 3 is 2.25 bits per heavy atom. The molecular formula is C20H23NO6S. The zero-order valence-electron chi connectivity index (χ0n) is 16.2. The average molecular weight is 405 g/mol. The van der Waals surface area contributed by atoms with Crippen LogP contribution in [0.1, 0.15) is 27.7 Å². The summed E-state index contributed by atoms with van der Waals surface area (Å²) in [5, 5.41) is 0. The Morgan fingerprint density at radius 1 is 1.07 bits per heavy atom. The normalized spacial score (nSPS) is 21.2. The van der Waals surface area contributed by atoms with E-state index >= 15 is 0 Å². The molecule has 1 aromatic rings. The molecule has 0 spiro atoms. The SMILES string of the molecule is CCOC(=O)C1=C(S(=O)(=O)c2ccccc2)C2C=CC1N2C(=O)OC(C)(C)C. The molecule has 1 amide bonds. The summed E-state index contributed by atoms with van der Waals surface area (Å²) >= 11 is 0. The Morgan fingerprint density at radius 2 is 1.68 bits per heavy atom. The van der Waals surface area contributed by atoms with E-state index in [0.29, 0.717) is 0 Å². The second kappa shape index (κ2) is 7.09. The number of ether oxygens (including phenoxy) is 2. The number of carbonyl (C=O) groups excluding carboxylic acids is 2. The maximum Gasteiger partial charge on any atom is 0.411 e. The highest BCUT2D eigenvalue weighted by molar-refractivity contribution is 7.95. The van der Waals surface area contributed by atoms with Crippen molar-refractivity contribution in [1.29, 1.82) is 0 Å². The highest BCUT2D eigenvalue weighted by Gasteiger charge is 2.53. The lowest BCUT2D eigenvalue weighted by Gasteiger charge is -2.28. The lowest BCUT2D eigenvalue weighted by molar-refractivity contribution is -0.138. The van der Waals surface area contributed by atoms with Crippen LogP contribution < -0.4 is 0 Å². The summed E-state index contributed by atoms with van der Waals surface area (Å²) in [5.74, 6) is -0.748. The van der Waals surface area contributed by atoms with Crippen LogP contribution >= 0.6 is 0 Å². The standard InChI is InChI=1S/C20H23NO6S/c1-5-26-18(22)16-14-11-12-15(21(14)19(23)27-20(2,3)4)17(16)28(24,25)13-9-7-6-8-10-13/h6-12,14-15H,5H2,1-4H3. The first-order valence-corrected chi connectivity index (χ1v) is 10.5. The summed E-state index contributed by atoms with van der Waals surface area (Å²) < 4.78 is 37.2. The van der Waals surface area contributed by atoms with Gasteiger partial charge in [-0.2, -0.15) is 0 Å². The highest BCUT2D eigenvalue weighted by Crippen LogP contribution is 2.43. The first-order chi connectivity index (χ1) is 13.1. The van der Waals surface area contributed by atoms with E-state index in [9.17, 15) is 18.0 Å². The van der Waals surface area contributed by atoms with E-state index in [-0.39, 0.29) is 22.0 Å². The number of hydrogen-bond donors (Lipinski definition) is 0. The van der Waals surface area contributed by atoms with Crippen molar-refractivity contribution in [3.05, 3.63) is 53.0 Å². The second-order valence-corrected chi connectivity index (χ2v) is 9.40. The topological polar surface area (TPSA) is 90.0 Å². The Kier molecular flexibility index (Phi) is 5.10. The van der Waals surface area contributed by atoms with Gasteiger partial charge in [0, 0.05) is 0 Å². The molecule has 0 fully saturated rings. The van der Waals surface area contributed by atoms with Gasteiger partial charge in [0.1, 0.15) is 5.60 Å². The number of fused-ring (bicyclic) bond motifs is 2. The average Bonchev–Trinajstić information content (AvgIpc) is 3.17. The second-order valence-electron chi connectivity index (χ2n) is 7.48. The van der Waals surface area contributed by atoms with Gasteiger partial charge in [-0.15, -0.1) is 0 Å². The smallest absolute Gasteiger partial charge is 0.411 e. The van der Waals surface area contributed by atoms with E-state index in [1.54, 1.807) is 58.0 Å². The van der Waals surface area contributed by atoms with Gasteiger partial charge in [0.05, 0.1) is 34.1 Å². The number of hydrogen-bond acceptors (Lipinski definition) is 6. The van der Waals surface area contributed by atoms with Crippen molar-refractivity contribution < 1.29 is 27.5 Å². The van der Waals surface area contributed by atoms with E-state index < -0.39 is 39.6 Å². The van der Waals surface area contributed by atoms with E-state index in [1.807, 2.05) is 0 Å². The molecular weight excluding hydrogens is 382 g/mol. The molecule has 0 aliphatic carbocycles. The molecule has 2 heterocycles. The molecule has 1 aromatic carbocycles. The summed E-state index contributed by atoms with van der Waals surface area (Å²) in [6.45, 7) is 6.89. The van der Waals surface area contributed by atoms with Gasteiger partial charge in [-0.25, -0.2) is 18.0 Å². The van der Waals surface area contributed by atoms with Gasteiger partial charge < -0.3 is 9.47 Å². The van der Waals surface area contributed by atoms with Gasteiger partial charge in [0.25, 0.3) is 0 Å². The summed E-state index contributed by atoms with van der Waals surface area (Å²) in [4.78, 5) is 26.6. The summed E-state index contributed by atoms with van der Waals surface area (Å²) in [6.07, 6.45) is 2.55. The number of amides is 1. The number of sulfone groups is 1. The van der Waals surface area contributed by atoms with E-state index in [0.717, 1.165) is 0 Å². The number of esters is 1. The largest absolute Gasteiger partial charge is 0.463 e. The van der Waals surface area contributed by atoms with Gasteiger partial charge in [-0.05, 0) is 39.8 Å². The van der Waals surface area contributed by atoms with Crippen molar-refractivity contribution in [2.75, 3.05) is 6.61 Å². The van der Waals surface area contributed by atoms with Crippen LogP contribution in [0, 0.1) is 0 Å². The molecule has 2 aliphatic rings. The molecule has 0 aromatic heterocycles. The van der Waals surface area contributed by atoms with Crippen LogP contribution in [0.25, 0.3) is 0 Å². The number of rotatable bonds is 4. The van der Waals surface area contributed by atoms with Crippen molar-refractivity contribution in [2.24, 2.45) is 0 Å². The van der Waals surface area contributed by atoms with Gasteiger partial charge in [-0.3, -0.25) is 4.90 Å². The lowest BCUT2D eigenvalue weighted by Crippen LogP contribution is -2.42. The first-order valence-electron chi connectivity index (χ1n) is 8.99. The van der Waals surface area contributed by atoms with Crippen LogP contribution in [0.5, 0.6) is 0 Å². The van der Waals surface area contributed by atoms with E-state index in [2.05, 4.69) is 0 Å². The molecule has 8 heteroatoms. The number of nitrogens with zero attached hydrogens (tertiary/aromatic N) is 1. The Bertz CT molecular complexity index is 956. The number of benzene rings is 1. The Hall–Kier alpha value is -2.61. The summed E-state index contributed by atoms with van der Waals surface area (Å²) in [7, 11) is -4.01. The molecule has 0 saturated heterocycles. The predicted octanol–water partition coefficient (Wildman–Crippen LogP) is 2.84. The van der Waals surface area contributed by atoms with Crippen LogP contribution in [0.3, 0.4) is 0 Å². The summed E-state index contributed by atoms with van der Waals surface area (Å²) in [5.41, 5.74) is -0.800. The van der Waals surface area contributed by atoms with Crippen LogP contribution in [-0.2, 0) is 24.1 Å². The molecule has 2 aliphatic heterocycles. The maximum absolute atomic E-state index is 13.3. The van der Waals surface area contributed by atoms with Gasteiger partial charge >= 0.3 is 12.1 Å². The van der Waals surface area contributed by atoms with Gasteiger partial charge in [0.15, 0.2) is 0 Å². The zero-order chi connectivity index (χ0) is 20.7. The zero-order valence-corrected chi connectivity index (χ0v) is 17.0. The molecule has 2 unspecified atom stereocenters. The third-order valence-electron chi connectivity index (χ3n) is 4.35. The highest BCUT2D eigenvalue weighted by atomic mass is 32.2. The fourth-order valence-corrected chi connectivity index (χ4v) is 5.10. The van der Waals surface area contributed by atoms with Crippen LogP contribution in [0.4, 0.5) is 4.79 Å². The van der Waals surface area contributed by atoms with Crippen LogP contribution in [0.15, 0.2) is 57.9 Å². The molecule has 2 bridgehead atoms. The third-order valence-corrected chi connectivity index (χ3v) is 6.28. The van der Waals surface area contributed by atoms with Gasteiger partial charge in [-0.1, -0.05) is 30.4 Å². The molecule has 0 radical (unpaired) electrons. The number of carbonyl (C=O) groups is 2. The van der Waals surface area contributed by atoms with Crippen molar-refractivity contribution in [2.45, 2.75) is 50.3 Å². The van der Waals surface area contributed by atoms with Crippen LogP contribution in [0.2, 0.25) is 0 Å². The molecule has 150 valence electrons. The van der Waals surface area contributed by atoms with Crippen molar-refractivity contribution in [3.63, 3.8) is 0 Å². The monoisotopic (exact) mass is 405 g/mol. The summed E-state index contributed by atoms with van der Waals surface area (Å²) in [6, 6.07) is 6.07. The van der Waals surface area contributed by atoms with E-state index in [1.165, 1.54) is 17.0 Å². The maximum atomic E-state index is 13.3. The minimum Gasteiger partial charge on any atom is -0.463 e. The quantitative estimate of drug-likeness (QED) is 0.565. The van der Waals surface area contributed by atoms with Gasteiger partial charge in [0.2, 0.25) is 9.84 Å². The fraction of sp³-hybridized carbons (Fsp3) is 0.400. The predicted molar refractivity (Wildman–Crippen MR) is 102 cm³/mol. The van der Waals surface area contributed by atoms with Crippen molar-refractivity contribution in [1.82, 2.24) is 4.90 Å². The minimum atomic E-state index is -4.01. The third kappa shape index (κ3) is 3.44. The van der Waals surface area contributed by atoms with E-state index in [4.69, 9.17) is 9.47 Å².